The molecule has 4 amide bonds. The third-order valence-corrected chi connectivity index (χ3v) is 4.29. The Morgan fingerprint density at radius 1 is 1.18 bits per heavy atom. The zero-order valence-corrected chi connectivity index (χ0v) is 14.4. The zero-order chi connectivity index (χ0) is 16.9. The van der Waals surface area contributed by atoms with Crippen molar-refractivity contribution in [1.29, 1.82) is 0 Å². The Bertz CT molecular complexity index is 428. The van der Waals surface area contributed by atoms with Gasteiger partial charge in [0.05, 0.1) is 0 Å². The first-order valence-electron chi connectivity index (χ1n) is 8.20. The van der Waals surface area contributed by atoms with Crippen LogP contribution in [0.2, 0.25) is 0 Å². The van der Waals surface area contributed by atoms with Crippen LogP contribution in [0.4, 0.5) is 4.79 Å². The van der Waals surface area contributed by atoms with Gasteiger partial charge in [0.1, 0.15) is 12.1 Å². The number of urea groups is 1. The molecule has 1 unspecified atom stereocenters. The van der Waals surface area contributed by atoms with Gasteiger partial charge in [-0.1, -0.05) is 40.5 Å². The van der Waals surface area contributed by atoms with Gasteiger partial charge in [-0.25, -0.2) is 4.79 Å². The molecule has 6 heteroatoms. The van der Waals surface area contributed by atoms with Crippen molar-refractivity contribution in [3.63, 3.8) is 0 Å². The highest BCUT2D eigenvalue weighted by atomic mass is 16.2. The van der Waals surface area contributed by atoms with E-state index in [0.717, 1.165) is 17.7 Å². The van der Waals surface area contributed by atoms with Crippen LogP contribution >= 0.6 is 0 Å². The predicted molar refractivity (Wildman–Crippen MR) is 85.2 cm³/mol. The summed E-state index contributed by atoms with van der Waals surface area (Å²) in [7, 11) is 0. The summed E-state index contributed by atoms with van der Waals surface area (Å²) < 4.78 is 0. The molecule has 2 N–H and O–H groups in total. The number of nitrogens with zero attached hydrogens (tertiary/aromatic N) is 1. The van der Waals surface area contributed by atoms with Crippen LogP contribution in [0.15, 0.2) is 0 Å². The summed E-state index contributed by atoms with van der Waals surface area (Å²) in [4.78, 5) is 37.9. The number of nitrogens with one attached hydrogen (secondary N) is 2. The molecule has 1 aliphatic rings. The lowest BCUT2D eigenvalue weighted by atomic mass is 9.88. The molecule has 0 aromatic carbocycles. The van der Waals surface area contributed by atoms with Gasteiger partial charge in [-0.05, 0) is 25.7 Å². The Balaban J connectivity index is 2.77. The normalized spacial score (nSPS) is 18.5. The van der Waals surface area contributed by atoms with E-state index in [1.54, 1.807) is 0 Å². The second kappa shape index (κ2) is 7.61. The fraction of sp³-hybridized carbons (Fsp3) is 0.812. The van der Waals surface area contributed by atoms with Crippen molar-refractivity contribution in [2.24, 2.45) is 5.92 Å². The molecule has 6 nitrogen and oxygen atoms in total. The molecule has 1 saturated heterocycles. The molecule has 126 valence electrons. The molecule has 0 aliphatic carbocycles. The fourth-order valence-electron chi connectivity index (χ4n) is 2.75. The van der Waals surface area contributed by atoms with Crippen LogP contribution in [-0.4, -0.2) is 40.9 Å². The topological polar surface area (TPSA) is 78.5 Å². The van der Waals surface area contributed by atoms with E-state index in [4.69, 9.17) is 0 Å². The Labute approximate surface area is 133 Å². The molecule has 0 aromatic rings. The van der Waals surface area contributed by atoms with Gasteiger partial charge >= 0.3 is 6.03 Å². The number of imide groups is 1. The highest BCUT2D eigenvalue weighted by Crippen LogP contribution is 2.27. The summed E-state index contributed by atoms with van der Waals surface area (Å²) in [6.07, 6.45) is 2.81. The van der Waals surface area contributed by atoms with Crippen LogP contribution in [0, 0.1) is 5.92 Å². The average Bonchev–Trinajstić information content (AvgIpc) is 2.64. The standard InChI is InChI=1S/C16H29N3O3/c1-6-8-16(9-7-2)14(21)19(15(22)18-16)10-13(20)17-12(5)11(3)4/h11-12H,6-10H2,1-5H3,(H,17,20)(H,18,22). The van der Waals surface area contributed by atoms with Crippen LogP contribution in [0.1, 0.15) is 60.3 Å². The molecule has 0 spiro atoms. The quantitative estimate of drug-likeness (QED) is 0.673. The van der Waals surface area contributed by atoms with Crippen molar-refractivity contribution in [3.05, 3.63) is 0 Å². The summed E-state index contributed by atoms with van der Waals surface area (Å²) in [5.74, 6) is -0.270. The number of amides is 4. The van der Waals surface area contributed by atoms with Crippen molar-refractivity contribution >= 4 is 17.8 Å². The molecule has 0 aromatic heterocycles. The van der Waals surface area contributed by atoms with E-state index in [1.807, 2.05) is 34.6 Å². The first-order chi connectivity index (χ1) is 10.3. The Morgan fingerprint density at radius 3 is 2.18 bits per heavy atom. The van der Waals surface area contributed by atoms with Gasteiger partial charge in [0.25, 0.3) is 5.91 Å². The molecule has 1 atom stereocenters. The lowest BCUT2D eigenvalue weighted by molar-refractivity contribution is -0.135. The third-order valence-electron chi connectivity index (χ3n) is 4.29. The van der Waals surface area contributed by atoms with E-state index < -0.39 is 11.6 Å². The molecule has 1 rings (SSSR count). The summed E-state index contributed by atoms with van der Waals surface area (Å²) in [5, 5.41) is 5.63. The van der Waals surface area contributed by atoms with Crippen molar-refractivity contribution in [2.45, 2.75) is 71.9 Å². The monoisotopic (exact) mass is 311 g/mol. The minimum absolute atomic E-state index is 0.00399. The van der Waals surface area contributed by atoms with Gasteiger partial charge in [-0.3, -0.25) is 14.5 Å². The van der Waals surface area contributed by atoms with E-state index >= 15 is 0 Å². The van der Waals surface area contributed by atoms with E-state index in [9.17, 15) is 14.4 Å². The average molecular weight is 311 g/mol. The summed E-state index contributed by atoms with van der Waals surface area (Å²) >= 11 is 0. The van der Waals surface area contributed by atoms with Gasteiger partial charge in [-0.2, -0.15) is 0 Å². The zero-order valence-electron chi connectivity index (χ0n) is 14.4. The second-order valence-corrected chi connectivity index (χ2v) is 6.50. The lowest BCUT2D eigenvalue weighted by Crippen LogP contribution is -2.48. The minimum atomic E-state index is -0.829. The van der Waals surface area contributed by atoms with Crippen LogP contribution in [0.5, 0.6) is 0 Å². The van der Waals surface area contributed by atoms with Crippen molar-refractivity contribution in [3.8, 4) is 0 Å². The van der Waals surface area contributed by atoms with Gasteiger partial charge < -0.3 is 10.6 Å². The van der Waals surface area contributed by atoms with E-state index in [0.29, 0.717) is 18.8 Å². The molecule has 22 heavy (non-hydrogen) atoms. The third kappa shape index (κ3) is 3.99. The van der Waals surface area contributed by atoms with Crippen LogP contribution in [0.3, 0.4) is 0 Å². The summed E-state index contributed by atoms with van der Waals surface area (Å²) in [6.45, 7) is 9.68. The minimum Gasteiger partial charge on any atom is -0.352 e. The van der Waals surface area contributed by atoms with Crippen molar-refractivity contribution < 1.29 is 14.4 Å². The maximum absolute atomic E-state index is 12.6. The highest BCUT2D eigenvalue weighted by Gasteiger charge is 2.50. The molecule has 1 heterocycles. The lowest BCUT2D eigenvalue weighted by Gasteiger charge is -2.26. The largest absolute Gasteiger partial charge is 0.352 e. The maximum atomic E-state index is 12.6. The van der Waals surface area contributed by atoms with E-state index in [-0.39, 0.29) is 24.4 Å². The molecular formula is C16H29N3O3. The number of rotatable bonds is 8. The maximum Gasteiger partial charge on any atom is 0.325 e. The Morgan fingerprint density at radius 2 is 1.73 bits per heavy atom. The van der Waals surface area contributed by atoms with Gasteiger partial charge in [0.2, 0.25) is 5.91 Å². The summed E-state index contributed by atoms with van der Waals surface area (Å²) in [6, 6.07) is -0.455. The number of hydrogen-bond acceptors (Lipinski definition) is 3. The first-order valence-corrected chi connectivity index (χ1v) is 8.20. The number of hydrogen-bond donors (Lipinski definition) is 2. The first kappa shape index (κ1) is 18.5. The number of carbonyl (C=O) groups excluding carboxylic acids is 3. The molecule has 0 bridgehead atoms. The van der Waals surface area contributed by atoms with Gasteiger partial charge in [-0.15, -0.1) is 0 Å². The number of carbonyl (C=O) groups is 3. The molecular weight excluding hydrogens is 282 g/mol. The van der Waals surface area contributed by atoms with Crippen LogP contribution in [-0.2, 0) is 9.59 Å². The molecule has 0 radical (unpaired) electrons. The SMILES string of the molecule is CCCC1(CCC)NC(=O)N(CC(=O)NC(C)C(C)C)C1=O. The Kier molecular flexibility index (Phi) is 6.38. The predicted octanol–water partition coefficient (Wildman–Crippen LogP) is 2.04. The summed E-state index contributed by atoms with van der Waals surface area (Å²) in [5.41, 5.74) is -0.829. The van der Waals surface area contributed by atoms with Crippen molar-refractivity contribution in [2.75, 3.05) is 6.54 Å². The highest BCUT2D eigenvalue weighted by molar-refractivity contribution is 6.09. The smallest absolute Gasteiger partial charge is 0.325 e. The Hall–Kier alpha value is -1.59. The molecule has 0 saturated carbocycles. The molecule has 1 aliphatic heterocycles. The van der Waals surface area contributed by atoms with Gasteiger partial charge in [0.15, 0.2) is 0 Å². The van der Waals surface area contributed by atoms with Gasteiger partial charge in [0, 0.05) is 6.04 Å². The van der Waals surface area contributed by atoms with E-state index in [2.05, 4.69) is 10.6 Å². The fourth-order valence-corrected chi connectivity index (χ4v) is 2.75. The van der Waals surface area contributed by atoms with E-state index in [1.165, 1.54) is 0 Å². The van der Waals surface area contributed by atoms with Crippen molar-refractivity contribution in [1.82, 2.24) is 15.5 Å². The van der Waals surface area contributed by atoms with Crippen LogP contribution < -0.4 is 10.6 Å². The second-order valence-electron chi connectivity index (χ2n) is 6.50. The molecule has 1 fully saturated rings. The van der Waals surface area contributed by atoms with Crippen LogP contribution in [0.25, 0.3) is 0 Å².